The van der Waals surface area contributed by atoms with Gasteiger partial charge in [0.25, 0.3) is 0 Å². The maximum Gasteiger partial charge on any atom is 0.249 e. The lowest BCUT2D eigenvalue weighted by Gasteiger charge is -2.23. The maximum absolute atomic E-state index is 13.8. The molecule has 0 spiro atoms. The molecule has 1 unspecified atom stereocenters. The van der Waals surface area contributed by atoms with E-state index in [1.54, 1.807) is 12.1 Å². The van der Waals surface area contributed by atoms with E-state index in [-0.39, 0.29) is 17.6 Å². The molecule has 1 heterocycles. The molecule has 2 N–H and O–H groups in total. The maximum atomic E-state index is 13.8. The number of hydrogen-bond donors (Lipinski definition) is 2. The zero-order chi connectivity index (χ0) is 13.8. The Kier molecular flexibility index (Phi) is 4.14. The molecular formula is C14H17FN2O2. The highest BCUT2D eigenvalue weighted by atomic mass is 19.1. The molecule has 0 bridgehead atoms. The predicted molar refractivity (Wildman–Crippen MR) is 70.2 cm³/mol. The Morgan fingerprint density at radius 3 is 2.84 bits per heavy atom. The topological polar surface area (TPSA) is 58.2 Å². The summed E-state index contributed by atoms with van der Waals surface area (Å²) in [7, 11) is 0. The summed E-state index contributed by atoms with van der Waals surface area (Å²) in [5, 5.41) is 5.22. The summed E-state index contributed by atoms with van der Waals surface area (Å²) in [5.41, 5.74) is 1.24. The van der Waals surface area contributed by atoms with Crippen LogP contribution >= 0.6 is 0 Å². The standard InChI is InChI=1S/C14H17FN2O2/c1-2-3-9-4-5-10(8-11(9)15)16-12-6-7-13(18)17-14(12)19/h4-5,8,12,16H,2-3,6-7H2,1H3,(H,17,18,19). The van der Waals surface area contributed by atoms with Crippen LogP contribution in [-0.4, -0.2) is 17.9 Å². The van der Waals surface area contributed by atoms with Crippen molar-refractivity contribution in [2.75, 3.05) is 5.32 Å². The Bertz CT molecular complexity index is 502. The van der Waals surface area contributed by atoms with Crippen LogP contribution < -0.4 is 10.6 Å². The molecular weight excluding hydrogens is 247 g/mol. The molecule has 0 radical (unpaired) electrons. The monoisotopic (exact) mass is 264 g/mol. The fraction of sp³-hybridized carbons (Fsp3) is 0.429. The molecule has 1 aromatic carbocycles. The molecule has 1 aliphatic rings. The van der Waals surface area contributed by atoms with Crippen LogP contribution in [0.1, 0.15) is 31.7 Å². The van der Waals surface area contributed by atoms with Gasteiger partial charge < -0.3 is 5.32 Å². The molecule has 0 saturated carbocycles. The van der Waals surface area contributed by atoms with E-state index in [2.05, 4.69) is 10.6 Å². The molecule has 102 valence electrons. The van der Waals surface area contributed by atoms with E-state index in [0.29, 0.717) is 30.5 Å². The average molecular weight is 264 g/mol. The highest BCUT2D eigenvalue weighted by molar-refractivity contribution is 6.01. The van der Waals surface area contributed by atoms with Crippen LogP contribution in [0, 0.1) is 5.82 Å². The van der Waals surface area contributed by atoms with E-state index in [4.69, 9.17) is 0 Å². The molecule has 4 nitrogen and oxygen atoms in total. The normalized spacial score (nSPS) is 19.2. The van der Waals surface area contributed by atoms with Gasteiger partial charge in [-0.3, -0.25) is 14.9 Å². The Morgan fingerprint density at radius 1 is 1.42 bits per heavy atom. The van der Waals surface area contributed by atoms with E-state index >= 15 is 0 Å². The minimum absolute atomic E-state index is 0.257. The molecule has 5 heteroatoms. The summed E-state index contributed by atoms with van der Waals surface area (Å²) in [6.45, 7) is 2.00. The largest absolute Gasteiger partial charge is 0.374 e. The van der Waals surface area contributed by atoms with Crippen molar-refractivity contribution in [2.45, 2.75) is 38.6 Å². The number of carbonyl (C=O) groups is 2. The Labute approximate surface area is 111 Å². The lowest BCUT2D eigenvalue weighted by atomic mass is 10.0. The highest BCUT2D eigenvalue weighted by Crippen LogP contribution is 2.18. The number of carbonyl (C=O) groups excluding carboxylic acids is 2. The third-order valence-electron chi connectivity index (χ3n) is 3.15. The van der Waals surface area contributed by atoms with E-state index in [0.717, 1.165) is 6.42 Å². The molecule has 2 amide bonds. The molecule has 0 aliphatic carbocycles. The minimum Gasteiger partial charge on any atom is -0.374 e. The van der Waals surface area contributed by atoms with Crippen molar-refractivity contribution in [2.24, 2.45) is 0 Å². The highest BCUT2D eigenvalue weighted by Gasteiger charge is 2.26. The van der Waals surface area contributed by atoms with Gasteiger partial charge in [-0.2, -0.15) is 0 Å². The van der Waals surface area contributed by atoms with Crippen LogP contribution in [0.4, 0.5) is 10.1 Å². The third-order valence-corrected chi connectivity index (χ3v) is 3.15. The predicted octanol–water partition coefficient (Wildman–Crippen LogP) is 2.00. The summed E-state index contributed by atoms with van der Waals surface area (Å²) in [5.74, 6) is -0.874. The first-order chi connectivity index (χ1) is 9.10. The second-order valence-electron chi connectivity index (χ2n) is 4.70. The first-order valence-corrected chi connectivity index (χ1v) is 6.49. The Morgan fingerprint density at radius 2 is 2.21 bits per heavy atom. The van der Waals surface area contributed by atoms with Gasteiger partial charge in [0.1, 0.15) is 11.9 Å². The lowest BCUT2D eigenvalue weighted by Crippen LogP contribution is -2.47. The second kappa shape index (κ2) is 5.82. The first kappa shape index (κ1) is 13.5. The number of halogens is 1. The van der Waals surface area contributed by atoms with E-state index in [1.807, 2.05) is 6.92 Å². The smallest absolute Gasteiger partial charge is 0.249 e. The zero-order valence-corrected chi connectivity index (χ0v) is 10.8. The Balaban J connectivity index is 2.05. The molecule has 19 heavy (non-hydrogen) atoms. The molecule has 0 aromatic heterocycles. The van der Waals surface area contributed by atoms with Crippen LogP contribution in [0.15, 0.2) is 18.2 Å². The summed E-state index contributed by atoms with van der Waals surface area (Å²) in [4.78, 5) is 22.6. The number of aryl methyl sites for hydroxylation is 1. The molecule has 1 aromatic rings. The third kappa shape index (κ3) is 3.30. The number of piperidine rings is 1. The van der Waals surface area contributed by atoms with Gasteiger partial charge in [-0.1, -0.05) is 19.4 Å². The summed E-state index contributed by atoms with van der Waals surface area (Å²) < 4.78 is 13.8. The van der Waals surface area contributed by atoms with Crippen molar-refractivity contribution < 1.29 is 14.0 Å². The number of imide groups is 1. The van der Waals surface area contributed by atoms with Crippen molar-refractivity contribution in [3.63, 3.8) is 0 Å². The quantitative estimate of drug-likeness (QED) is 0.818. The van der Waals surface area contributed by atoms with Gasteiger partial charge in [0, 0.05) is 12.1 Å². The first-order valence-electron chi connectivity index (χ1n) is 6.49. The number of nitrogens with one attached hydrogen (secondary N) is 2. The number of benzene rings is 1. The lowest BCUT2D eigenvalue weighted by molar-refractivity contribution is -0.133. The number of anilines is 1. The van der Waals surface area contributed by atoms with Gasteiger partial charge in [0.05, 0.1) is 0 Å². The SMILES string of the molecule is CCCc1ccc(NC2CCC(=O)NC2=O)cc1F. The number of hydrogen-bond acceptors (Lipinski definition) is 3. The molecule has 2 rings (SSSR count). The molecule has 1 saturated heterocycles. The number of amides is 2. The van der Waals surface area contributed by atoms with E-state index in [1.165, 1.54) is 6.07 Å². The van der Waals surface area contributed by atoms with Gasteiger partial charge in [0.2, 0.25) is 11.8 Å². The van der Waals surface area contributed by atoms with Crippen molar-refractivity contribution in [3.05, 3.63) is 29.6 Å². The van der Waals surface area contributed by atoms with E-state index < -0.39 is 6.04 Å². The summed E-state index contributed by atoms with van der Waals surface area (Å²) in [6, 6.07) is 4.41. The summed E-state index contributed by atoms with van der Waals surface area (Å²) >= 11 is 0. The van der Waals surface area contributed by atoms with Crippen LogP contribution in [0.5, 0.6) is 0 Å². The van der Waals surface area contributed by atoms with Gasteiger partial charge in [-0.15, -0.1) is 0 Å². The van der Waals surface area contributed by atoms with Gasteiger partial charge in [-0.25, -0.2) is 4.39 Å². The van der Waals surface area contributed by atoms with Crippen LogP contribution in [0.3, 0.4) is 0 Å². The van der Waals surface area contributed by atoms with Crippen LogP contribution in [0.25, 0.3) is 0 Å². The summed E-state index contributed by atoms with van der Waals surface area (Å²) in [6.07, 6.45) is 2.32. The van der Waals surface area contributed by atoms with Crippen molar-refractivity contribution in [3.8, 4) is 0 Å². The fourth-order valence-corrected chi connectivity index (χ4v) is 2.14. The van der Waals surface area contributed by atoms with Gasteiger partial charge in [-0.05, 0) is 30.5 Å². The zero-order valence-electron chi connectivity index (χ0n) is 10.8. The molecule has 1 atom stereocenters. The average Bonchev–Trinajstić information content (AvgIpc) is 2.36. The van der Waals surface area contributed by atoms with Gasteiger partial charge >= 0.3 is 0 Å². The second-order valence-corrected chi connectivity index (χ2v) is 4.70. The fourth-order valence-electron chi connectivity index (χ4n) is 2.14. The minimum atomic E-state index is -0.478. The Hall–Kier alpha value is -1.91. The van der Waals surface area contributed by atoms with Gasteiger partial charge in [0.15, 0.2) is 0 Å². The van der Waals surface area contributed by atoms with Crippen LogP contribution in [-0.2, 0) is 16.0 Å². The van der Waals surface area contributed by atoms with Crippen LogP contribution in [0.2, 0.25) is 0 Å². The molecule has 1 fully saturated rings. The molecule has 1 aliphatic heterocycles. The van der Waals surface area contributed by atoms with Crippen molar-refractivity contribution in [1.29, 1.82) is 0 Å². The van der Waals surface area contributed by atoms with Crippen molar-refractivity contribution in [1.82, 2.24) is 5.32 Å². The number of rotatable bonds is 4. The van der Waals surface area contributed by atoms with E-state index in [9.17, 15) is 14.0 Å². The van der Waals surface area contributed by atoms with Crippen molar-refractivity contribution >= 4 is 17.5 Å².